The van der Waals surface area contributed by atoms with E-state index in [1.54, 1.807) is 16.0 Å². The minimum atomic E-state index is -0.394. The van der Waals surface area contributed by atoms with Crippen LogP contribution in [0.2, 0.25) is 0 Å². The predicted octanol–water partition coefficient (Wildman–Crippen LogP) is 3.98. The van der Waals surface area contributed by atoms with Crippen molar-refractivity contribution >= 4 is 23.3 Å². The van der Waals surface area contributed by atoms with Crippen molar-refractivity contribution in [3.8, 4) is 0 Å². The third kappa shape index (κ3) is 4.19. The number of carbonyl (C=O) groups excluding carboxylic acids is 2. The molecule has 1 aliphatic heterocycles. The zero-order valence-corrected chi connectivity index (χ0v) is 16.4. The lowest BCUT2D eigenvalue weighted by Gasteiger charge is -2.25. The number of amides is 2. The van der Waals surface area contributed by atoms with Crippen LogP contribution in [-0.4, -0.2) is 23.3 Å². The number of rotatable bonds is 5. The van der Waals surface area contributed by atoms with Crippen LogP contribution < -0.4 is 9.80 Å². The standard InChI is InChI=1S/C24H23N3O2/c1-18-10-12-21(13-11-18)26-17-20(15-23(26)28)24(29)27(22-9-5-6-14-25-22)16-19-7-3-2-4-8-19/h2-14,20H,15-17H2,1H3/t20-/m1/s1. The van der Waals surface area contributed by atoms with Crippen molar-refractivity contribution < 1.29 is 9.59 Å². The number of hydrogen-bond acceptors (Lipinski definition) is 3. The van der Waals surface area contributed by atoms with Gasteiger partial charge in [-0.1, -0.05) is 54.1 Å². The normalized spacial score (nSPS) is 16.1. The third-order valence-electron chi connectivity index (χ3n) is 5.20. The fourth-order valence-corrected chi connectivity index (χ4v) is 3.62. The molecule has 146 valence electrons. The van der Waals surface area contributed by atoms with Gasteiger partial charge >= 0.3 is 0 Å². The number of benzene rings is 2. The van der Waals surface area contributed by atoms with E-state index in [4.69, 9.17) is 0 Å². The Morgan fingerprint density at radius 2 is 1.76 bits per heavy atom. The number of aryl methyl sites for hydroxylation is 1. The van der Waals surface area contributed by atoms with Crippen LogP contribution in [0.4, 0.5) is 11.5 Å². The largest absolute Gasteiger partial charge is 0.312 e. The molecule has 0 aliphatic carbocycles. The molecule has 3 aromatic rings. The summed E-state index contributed by atoms with van der Waals surface area (Å²) in [7, 11) is 0. The van der Waals surface area contributed by atoms with Crippen molar-refractivity contribution in [1.82, 2.24) is 4.98 Å². The van der Waals surface area contributed by atoms with E-state index in [2.05, 4.69) is 4.98 Å². The van der Waals surface area contributed by atoms with E-state index in [0.717, 1.165) is 16.8 Å². The molecule has 1 aromatic heterocycles. The Hall–Kier alpha value is -3.47. The summed E-state index contributed by atoms with van der Waals surface area (Å²) < 4.78 is 0. The predicted molar refractivity (Wildman–Crippen MR) is 114 cm³/mol. The number of nitrogens with zero attached hydrogens (tertiary/aromatic N) is 3. The van der Waals surface area contributed by atoms with Gasteiger partial charge in [0.2, 0.25) is 11.8 Å². The van der Waals surface area contributed by atoms with Gasteiger partial charge in [0.15, 0.2) is 0 Å². The fraction of sp³-hybridized carbons (Fsp3) is 0.208. The highest BCUT2D eigenvalue weighted by Gasteiger charge is 2.37. The Morgan fingerprint density at radius 1 is 1.03 bits per heavy atom. The minimum absolute atomic E-state index is 0.0205. The number of hydrogen-bond donors (Lipinski definition) is 0. The first-order valence-corrected chi connectivity index (χ1v) is 9.75. The minimum Gasteiger partial charge on any atom is -0.312 e. The highest BCUT2D eigenvalue weighted by atomic mass is 16.2. The van der Waals surface area contributed by atoms with E-state index in [1.807, 2.05) is 79.7 Å². The molecule has 2 amide bonds. The highest BCUT2D eigenvalue weighted by Crippen LogP contribution is 2.28. The lowest BCUT2D eigenvalue weighted by atomic mass is 10.1. The monoisotopic (exact) mass is 385 g/mol. The SMILES string of the molecule is Cc1ccc(N2C[C@H](C(=O)N(Cc3ccccc3)c3ccccn3)CC2=O)cc1. The molecule has 0 unspecified atom stereocenters. The molecule has 5 nitrogen and oxygen atoms in total. The second-order valence-electron chi connectivity index (χ2n) is 7.34. The van der Waals surface area contributed by atoms with Crippen molar-refractivity contribution in [3.05, 3.63) is 90.1 Å². The molecule has 1 fully saturated rings. The lowest BCUT2D eigenvalue weighted by molar-refractivity contribution is -0.124. The van der Waals surface area contributed by atoms with Gasteiger partial charge in [-0.05, 0) is 36.8 Å². The molecule has 0 N–H and O–H groups in total. The summed E-state index contributed by atoms with van der Waals surface area (Å²) in [5, 5.41) is 0. The zero-order valence-electron chi connectivity index (χ0n) is 16.4. The van der Waals surface area contributed by atoms with Crippen molar-refractivity contribution in [2.75, 3.05) is 16.3 Å². The summed E-state index contributed by atoms with van der Waals surface area (Å²) in [6.45, 7) is 2.82. The van der Waals surface area contributed by atoms with Gasteiger partial charge in [-0.25, -0.2) is 4.98 Å². The van der Waals surface area contributed by atoms with Gasteiger partial charge in [0, 0.05) is 24.8 Å². The molecule has 0 radical (unpaired) electrons. The molecule has 5 heteroatoms. The summed E-state index contributed by atoms with van der Waals surface area (Å²) in [5.74, 6) is 0.112. The van der Waals surface area contributed by atoms with Gasteiger partial charge in [-0.15, -0.1) is 0 Å². The molecular formula is C24H23N3O2. The first-order valence-electron chi connectivity index (χ1n) is 9.75. The second-order valence-corrected chi connectivity index (χ2v) is 7.34. The van der Waals surface area contributed by atoms with E-state index in [-0.39, 0.29) is 18.2 Å². The Balaban J connectivity index is 1.57. The van der Waals surface area contributed by atoms with Crippen LogP contribution in [0.15, 0.2) is 79.0 Å². The molecule has 2 aromatic carbocycles. The van der Waals surface area contributed by atoms with Crippen molar-refractivity contribution in [3.63, 3.8) is 0 Å². The molecule has 4 rings (SSSR count). The van der Waals surface area contributed by atoms with Gasteiger partial charge < -0.3 is 4.90 Å². The maximum absolute atomic E-state index is 13.4. The van der Waals surface area contributed by atoms with E-state index in [0.29, 0.717) is 18.9 Å². The Morgan fingerprint density at radius 3 is 2.45 bits per heavy atom. The van der Waals surface area contributed by atoms with Crippen molar-refractivity contribution in [2.45, 2.75) is 19.9 Å². The molecular weight excluding hydrogens is 362 g/mol. The Kier molecular flexibility index (Phi) is 5.38. The lowest BCUT2D eigenvalue weighted by Crippen LogP contribution is -2.37. The van der Waals surface area contributed by atoms with Gasteiger partial charge in [0.05, 0.1) is 12.5 Å². The molecule has 0 bridgehead atoms. The van der Waals surface area contributed by atoms with Crippen LogP contribution in [0, 0.1) is 12.8 Å². The zero-order chi connectivity index (χ0) is 20.2. The van der Waals surface area contributed by atoms with Crippen LogP contribution in [-0.2, 0) is 16.1 Å². The fourth-order valence-electron chi connectivity index (χ4n) is 3.62. The number of anilines is 2. The molecule has 0 spiro atoms. The van der Waals surface area contributed by atoms with Gasteiger partial charge in [-0.3, -0.25) is 14.5 Å². The van der Waals surface area contributed by atoms with E-state index in [9.17, 15) is 9.59 Å². The number of aromatic nitrogens is 1. The number of pyridine rings is 1. The molecule has 1 atom stereocenters. The summed E-state index contributed by atoms with van der Waals surface area (Å²) in [6, 6.07) is 23.2. The average Bonchev–Trinajstić information content (AvgIpc) is 3.15. The first-order chi connectivity index (χ1) is 14.1. The summed E-state index contributed by atoms with van der Waals surface area (Å²) in [5.41, 5.74) is 2.99. The Labute approximate surface area is 170 Å². The van der Waals surface area contributed by atoms with Crippen LogP contribution in [0.3, 0.4) is 0 Å². The molecule has 1 aliphatic rings. The van der Waals surface area contributed by atoms with Crippen LogP contribution in [0.1, 0.15) is 17.5 Å². The van der Waals surface area contributed by atoms with Gasteiger partial charge in [-0.2, -0.15) is 0 Å². The van der Waals surface area contributed by atoms with Crippen LogP contribution >= 0.6 is 0 Å². The van der Waals surface area contributed by atoms with Gasteiger partial charge in [0.1, 0.15) is 5.82 Å². The van der Waals surface area contributed by atoms with Gasteiger partial charge in [0.25, 0.3) is 0 Å². The summed E-state index contributed by atoms with van der Waals surface area (Å²) >= 11 is 0. The summed E-state index contributed by atoms with van der Waals surface area (Å²) in [4.78, 5) is 33.8. The van der Waals surface area contributed by atoms with Crippen molar-refractivity contribution in [2.24, 2.45) is 5.92 Å². The maximum atomic E-state index is 13.4. The number of carbonyl (C=O) groups is 2. The summed E-state index contributed by atoms with van der Waals surface area (Å²) in [6.07, 6.45) is 1.89. The quantitative estimate of drug-likeness (QED) is 0.668. The smallest absolute Gasteiger partial charge is 0.233 e. The first kappa shape index (κ1) is 18.9. The maximum Gasteiger partial charge on any atom is 0.233 e. The van der Waals surface area contributed by atoms with Crippen LogP contribution in [0.5, 0.6) is 0 Å². The second kappa shape index (κ2) is 8.27. The highest BCUT2D eigenvalue weighted by molar-refractivity contribution is 6.04. The third-order valence-corrected chi connectivity index (χ3v) is 5.20. The topological polar surface area (TPSA) is 53.5 Å². The Bertz CT molecular complexity index is 988. The van der Waals surface area contributed by atoms with E-state index < -0.39 is 5.92 Å². The average molecular weight is 385 g/mol. The molecule has 29 heavy (non-hydrogen) atoms. The molecule has 1 saturated heterocycles. The van der Waals surface area contributed by atoms with E-state index >= 15 is 0 Å². The van der Waals surface area contributed by atoms with E-state index in [1.165, 1.54) is 0 Å². The van der Waals surface area contributed by atoms with Crippen LogP contribution in [0.25, 0.3) is 0 Å². The van der Waals surface area contributed by atoms with Crippen molar-refractivity contribution in [1.29, 1.82) is 0 Å². The molecule has 2 heterocycles. The molecule has 0 saturated carbocycles.